The van der Waals surface area contributed by atoms with Gasteiger partial charge in [-0.2, -0.15) is 0 Å². The van der Waals surface area contributed by atoms with E-state index in [-0.39, 0.29) is 11.2 Å². The van der Waals surface area contributed by atoms with Gasteiger partial charge in [-0.25, -0.2) is 4.39 Å². The number of hydrogen-bond acceptors (Lipinski definition) is 2. The second kappa shape index (κ2) is 6.53. The van der Waals surface area contributed by atoms with E-state index < -0.39 is 0 Å². The molecule has 0 heterocycles. The third-order valence-electron chi connectivity index (χ3n) is 2.51. The smallest absolute Gasteiger partial charge is 0.137 e. The minimum absolute atomic E-state index is 0.0329. The Kier molecular flexibility index (Phi) is 5.60. The summed E-state index contributed by atoms with van der Waals surface area (Å²) in [6.45, 7) is 9.99. The van der Waals surface area contributed by atoms with E-state index in [0.29, 0.717) is 22.9 Å². The van der Waals surface area contributed by atoms with Crippen LogP contribution in [0.4, 0.5) is 4.39 Å². The van der Waals surface area contributed by atoms with E-state index in [1.165, 1.54) is 6.07 Å². The minimum Gasteiger partial charge on any atom is -0.493 e. The molecule has 0 unspecified atom stereocenters. The highest BCUT2D eigenvalue weighted by atomic mass is 79.9. The Morgan fingerprint density at radius 3 is 2.61 bits per heavy atom. The fourth-order valence-electron chi connectivity index (χ4n) is 1.38. The van der Waals surface area contributed by atoms with Crippen molar-refractivity contribution < 1.29 is 9.13 Å². The number of benzene rings is 1. The maximum absolute atomic E-state index is 13.1. The predicted molar refractivity (Wildman–Crippen MR) is 76.5 cm³/mol. The van der Waals surface area contributed by atoms with E-state index in [4.69, 9.17) is 4.74 Å². The second-order valence-electron chi connectivity index (χ2n) is 5.56. The highest BCUT2D eigenvalue weighted by molar-refractivity contribution is 9.10. The molecule has 1 aromatic rings. The molecule has 1 aromatic carbocycles. The van der Waals surface area contributed by atoms with Crippen molar-refractivity contribution in [2.75, 3.05) is 13.2 Å². The summed E-state index contributed by atoms with van der Waals surface area (Å²) < 4.78 is 19.2. The molecule has 1 N–H and O–H groups in total. The second-order valence-corrected chi connectivity index (χ2v) is 6.42. The van der Waals surface area contributed by atoms with Crippen molar-refractivity contribution in [2.45, 2.75) is 33.7 Å². The Labute approximate surface area is 117 Å². The molecule has 102 valence electrons. The molecule has 4 heteroatoms. The van der Waals surface area contributed by atoms with Crippen molar-refractivity contribution in [3.63, 3.8) is 0 Å². The van der Waals surface area contributed by atoms with Gasteiger partial charge in [0.05, 0.1) is 11.1 Å². The third-order valence-corrected chi connectivity index (χ3v) is 3.12. The van der Waals surface area contributed by atoms with E-state index in [1.807, 2.05) is 0 Å². The maximum atomic E-state index is 13.1. The fourth-order valence-corrected chi connectivity index (χ4v) is 1.73. The SMILES string of the molecule is CC(C)NCC(C)(C)COc1ccc(F)c(Br)c1. The predicted octanol–water partition coefficient (Wildman–Crippen LogP) is 3.99. The summed E-state index contributed by atoms with van der Waals surface area (Å²) in [5, 5.41) is 3.39. The standard InChI is InChI=1S/C14H21BrFNO/c1-10(2)17-8-14(3,4)9-18-11-5-6-13(16)12(15)7-11/h5-7,10,17H,8-9H2,1-4H3. The van der Waals surface area contributed by atoms with Crippen LogP contribution in [0.5, 0.6) is 5.75 Å². The van der Waals surface area contributed by atoms with Crippen LogP contribution in [0.2, 0.25) is 0 Å². The van der Waals surface area contributed by atoms with E-state index in [9.17, 15) is 4.39 Å². The lowest BCUT2D eigenvalue weighted by Crippen LogP contribution is -2.37. The van der Waals surface area contributed by atoms with Crippen LogP contribution in [-0.4, -0.2) is 19.2 Å². The summed E-state index contributed by atoms with van der Waals surface area (Å²) in [6, 6.07) is 5.16. The molecule has 0 saturated heterocycles. The zero-order valence-electron chi connectivity index (χ0n) is 11.4. The maximum Gasteiger partial charge on any atom is 0.137 e. The highest BCUT2D eigenvalue weighted by Gasteiger charge is 2.19. The minimum atomic E-state index is -0.275. The van der Waals surface area contributed by atoms with Crippen LogP contribution < -0.4 is 10.1 Å². The van der Waals surface area contributed by atoms with Crippen molar-refractivity contribution in [3.05, 3.63) is 28.5 Å². The molecule has 0 saturated carbocycles. The summed E-state index contributed by atoms with van der Waals surface area (Å²) in [5.41, 5.74) is 0.0329. The molecular formula is C14H21BrFNO. The zero-order chi connectivity index (χ0) is 13.8. The molecule has 0 aromatic heterocycles. The summed E-state index contributed by atoms with van der Waals surface area (Å²) in [6.07, 6.45) is 0. The molecule has 0 radical (unpaired) electrons. The lowest BCUT2D eigenvalue weighted by atomic mass is 9.94. The molecule has 0 aliphatic heterocycles. The van der Waals surface area contributed by atoms with Gasteiger partial charge < -0.3 is 10.1 Å². The van der Waals surface area contributed by atoms with E-state index >= 15 is 0 Å². The van der Waals surface area contributed by atoms with E-state index in [1.54, 1.807) is 12.1 Å². The van der Waals surface area contributed by atoms with Crippen molar-refractivity contribution >= 4 is 15.9 Å². The van der Waals surface area contributed by atoms with Crippen LogP contribution in [0.3, 0.4) is 0 Å². The number of rotatable bonds is 6. The van der Waals surface area contributed by atoms with E-state index in [0.717, 1.165) is 6.54 Å². The molecule has 18 heavy (non-hydrogen) atoms. The van der Waals surface area contributed by atoms with Crippen LogP contribution in [-0.2, 0) is 0 Å². The highest BCUT2D eigenvalue weighted by Crippen LogP contribution is 2.23. The van der Waals surface area contributed by atoms with Gasteiger partial charge in [-0.15, -0.1) is 0 Å². The molecular weight excluding hydrogens is 297 g/mol. The Bertz CT molecular complexity index is 393. The van der Waals surface area contributed by atoms with Gasteiger partial charge >= 0.3 is 0 Å². The van der Waals surface area contributed by atoms with Crippen molar-refractivity contribution in [1.82, 2.24) is 5.32 Å². The molecule has 0 spiro atoms. The van der Waals surface area contributed by atoms with Crippen LogP contribution in [0.25, 0.3) is 0 Å². The van der Waals surface area contributed by atoms with Gasteiger partial charge in [-0.1, -0.05) is 27.7 Å². The van der Waals surface area contributed by atoms with Crippen LogP contribution in [0.15, 0.2) is 22.7 Å². The van der Waals surface area contributed by atoms with Gasteiger partial charge in [0.2, 0.25) is 0 Å². The summed E-state index contributed by atoms with van der Waals surface area (Å²) in [5.74, 6) is 0.406. The summed E-state index contributed by atoms with van der Waals surface area (Å²) >= 11 is 3.15. The quantitative estimate of drug-likeness (QED) is 0.856. The first-order chi connectivity index (χ1) is 8.30. The van der Waals surface area contributed by atoms with Gasteiger partial charge in [-0.05, 0) is 34.1 Å². The van der Waals surface area contributed by atoms with Crippen LogP contribution in [0, 0.1) is 11.2 Å². The van der Waals surface area contributed by atoms with Crippen molar-refractivity contribution in [2.24, 2.45) is 5.41 Å². The molecule has 0 bridgehead atoms. The molecule has 1 rings (SSSR count). The van der Waals surface area contributed by atoms with Gasteiger partial charge in [0.1, 0.15) is 11.6 Å². The Morgan fingerprint density at radius 2 is 2.06 bits per heavy atom. The first-order valence-corrected chi connectivity index (χ1v) is 6.91. The van der Waals surface area contributed by atoms with Gasteiger partial charge in [0, 0.05) is 18.0 Å². The first-order valence-electron chi connectivity index (χ1n) is 6.11. The number of nitrogens with one attached hydrogen (secondary N) is 1. The zero-order valence-corrected chi connectivity index (χ0v) is 13.0. The van der Waals surface area contributed by atoms with Gasteiger partial charge in [0.25, 0.3) is 0 Å². The van der Waals surface area contributed by atoms with E-state index in [2.05, 4.69) is 48.9 Å². The monoisotopic (exact) mass is 317 g/mol. The molecule has 0 aliphatic rings. The summed E-state index contributed by atoms with van der Waals surface area (Å²) in [4.78, 5) is 0. The Morgan fingerprint density at radius 1 is 1.39 bits per heavy atom. The van der Waals surface area contributed by atoms with Crippen molar-refractivity contribution in [3.8, 4) is 5.75 Å². The molecule has 0 amide bonds. The number of halogens is 2. The molecule has 0 aliphatic carbocycles. The first kappa shape index (κ1) is 15.4. The van der Waals surface area contributed by atoms with Crippen LogP contribution >= 0.6 is 15.9 Å². The topological polar surface area (TPSA) is 21.3 Å². The largest absolute Gasteiger partial charge is 0.493 e. The Balaban J connectivity index is 2.50. The molecule has 0 fully saturated rings. The number of hydrogen-bond donors (Lipinski definition) is 1. The van der Waals surface area contributed by atoms with Crippen LogP contribution in [0.1, 0.15) is 27.7 Å². The Hall–Kier alpha value is -0.610. The normalized spacial score (nSPS) is 11.9. The van der Waals surface area contributed by atoms with Gasteiger partial charge in [0.15, 0.2) is 0 Å². The molecule has 2 nitrogen and oxygen atoms in total. The van der Waals surface area contributed by atoms with Crippen molar-refractivity contribution in [1.29, 1.82) is 0 Å². The van der Waals surface area contributed by atoms with Gasteiger partial charge in [-0.3, -0.25) is 0 Å². The lowest BCUT2D eigenvalue weighted by Gasteiger charge is -2.26. The summed E-state index contributed by atoms with van der Waals surface area (Å²) in [7, 11) is 0. The average molecular weight is 318 g/mol. The average Bonchev–Trinajstić information content (AvgIpc) is 2.28. The lowest BCUT2D eigenvalue weighted by molar-refractivity contribution is 0.173. The third kappa shape index (κ3) is 5.36. The fraction of sp³-hybridized carbons (Fsp3) is 0.571. The number of ether oxygens (including phenoxy) is 1. The molecule has 0 atom stereocenters.